The van der Waals surface area contributed by atoms with Gasteiger partial charge in [0.1, 0.15) is 4.83 Å². The monoisotopic (exact) mass is 489 g/mol. The van der Waals surface area contributed by atoms with Gasteiger partial charge in [0.25, 0.3) is 5.56 Å². The van der Waals surface area contributed by atoms with Gasteiger partial charge in [-0.2, -0.15) is 0 Å². The van der Waals surface area contributed by atoms with Crippen LogP contribution in [-0.4, -0.2) is 33.4 Å². The summed E-state index contributed by atoms with van der Waals surface area (Å²) in [7, 11) is 0. The van der Waals surface area contributed by atoms with E-state index < -0.39 is 0 Å². The van der Waals surface area contributed by atoms with Crippen LogP contribution in [0.25, 0.3) is 10.2 Å². The largest absolute Gasteiger partial charge is 0.376 e. The van der Waals surface area contributed by atoms with Gasteiger partial charge in [0.2, 0.25) is 5.91 Å². The molecular weight excluding hydrogens is 462 g/mol. The lowest BCUT2D eigenvalue weighted by molar-refractivity contribution is -0.120. The highest BCUT2D eigenvalue weighted by Gasteiger charge is 2.26. The van der Waals surface area contributed by atoms with E-state index in [1.165, 1.54) is 28.6 Å². The predicted molar refractivity (Wildman–Crippen MR) is 131 cm³/mol. The molecule has 0 spiro atoms. The Balaban J connectivity index is 1.44. The smallest absolute Gasteiger partial charge is 0.263 e. The summed E-state index contributed by atoms with van der Waals surface area (Å²) in [5, 5.41) is 6.06. The molecule has 4 heterocycles. The summed E-state index contributed by atoms with van der Waals surface area (Å²) in [5.41, 5.74) is 1.23. The van der Waals surface area contributed by atoms with E-state index in [9.17, 15) is 9.59 Å². The fourth-order valence-corrected chi connectivity index (χ4v) is 7.29. The highest BCUT2D eigenvalue weighted by atomic mass is 32.2. The van der Waals surface area contributed by atoms with Crippen LogP contribution in [0, 0.1) is 0 Å². The topological polar surface area (TPSA) is 73.2 Å². The van der Waals surface area contributed by atoms with Gasteiger partial charge in [0.05, 0.1) is 29.8 Å². The second kappa shape index (κ2) is 9.67. The number of carbonyl (C=O) groups excluding carboxylic acids is 1. The number of thioether (sulfide) groups is 1. The Labute approximate surface area is 199 Å². The number of thiophene rings is 2. The minimum absolute atomic E-state index is 0.0265. The molecule has 9 heteroatoms. The van der Waals surface area contributed by atoms with Crippen LogP contribution in [0.15, 0.2) is 27.5 Å². The highest BCUT2D eigenvalue weighted by molar-refractivity contribution is 8.00. The molecule has 5 rings (SSSR count). The van der Waals surface area contributed by atoms with E-state index in [-0.39, 0.29) is 22.8 Å². The summed E-state index contributed by atoms with van der Waals surface area (Å²) < 4.78 is 7.60. The van der Waals surface area contributed by atoms with E-state index >= 15 is 0 Å². The Hall–Kier alpha value is -1.68. The number of aromatic nitrogens is 2. The number of ether oxygens (including phenoxy) is 1. The number of aryl methyl sites for hydroxylation is 2. The third-order valence-corrected chi connectivity index (χ3v) is 9.27. The molecule has 1 amide bonds. The summed E-state index contributed by atoms with van der Waals surface area (Å²) in [6.07, 6.45) is 6.30. The van der Waals surface area contributed by atoms with Crippen LogP contribution in [0.1, 0.15) is 47.9 Å². The molecule has 0 radical (unpaired) electrons. The van der Waals surface area contributed by atoms with Gasteiger partial charge in [0.15, 0.2) is 5.16 Å². The van der Waals surface area contributed by atoms with Gasteiger partial charge in [-0.3, -0.25) is 14.2 Å². The minimum atomic E-state index is -0.357. The third-order valence-electron chi connectivity index (χ3n) is 6.12. The predicted octanol–water partition coefficient (Wildman–Crippen LogP) is 4.37. The van der Waals surface area contributed by atoms with Crippen LogP contribution in [0.3, 0.4) is 0 Å². The van der Waals surface area contributed by atoms with Gasteiger partial charge in [-0.1, -0.05) is 17.8 Å². The first-order chi connectivity index (χ1) is 15.6. The molecule has 1 saturated heterocycles. The number of hydrogen-bond acceptors (Lipinski definition) is 7. The number of nitrogens with zero attached hydrogens (tertiary/aromatic N) is 2. The molecule has 32 heavy (non-hydrogen) atoms. The molecule has 1 aliphatic heterocycles. The molecule has 3 aromatic heterocycles. The quantitative estimate of drug-likeness (QED) is 0.394. The third kappa shape index (κ3) is 4.53. The lowest BCUT2D eigenvalue weighted by Gasteiger charge is -2.18. The van der Waals surface area contributed by atoms with Gasteiger partial charge < -0.3 is 10.1 Å². The lowest BCUT2D eigenvalue weighted by atomic mass is 9.97. The maximum absolute atomic E-state index is 13.7. The summed E-state index contributed by atoms with van der Waals surface area (Å²) in [4.78, 5) is 34.6. The van der Waals surface area contributed by atoms with Crippen LogP contribution in [-0.2, 0) is 35.5 Å². The van der Waals surface area contributed by atoms with Crippen LogP contribution in [0.2, 0.25) is 0 Å². The SMILES string of the molecule is CC(Sc1nc2sc3c(c2c(=O)n1CC1CCCO1)CCCC3)C(=O)NCc1cccs1. The van der Waals surface area contributed by atoms with Crippen molar-refractivity contribution in [1.82, 2.24) is 14.9 Å². The van der Waals surface area contributed by atoms with Crippen molar-refractivity contribution in [3.05, 3.63) is 43.2 Å². The van der Waals surface area contributed by atoms with Crippen molar-refractivity contribution in [2.45, 2.75) is 75.0 Å². The standard InChI is InChI=1S/C23H27N3O3S3/c1-14(20(27)24-12-16-7-5-11-30-16)31-23-25-21-19(17-8-2-3-9-18(17)32-21)22(28)26(23)13-15-6-4-10-29-15/h5,7,11,14-15H,2-4,6,8-10,12-13H2,1H3,(H,24,27). The van der Waals surface area contributed by atoms with Crippen LogP contribution in [0.4, 0.5) is 0 Å². The Bertz CT molecular complexity index is 1160. The fourth-order valence-electron chi connectivity index (χ4n) is 4.41. The summed E-state index contributed by atoms with van der Waals surface area (Å²) in [6, 6.07) is 3.99. The molecule has 2 unspecified atom stereocenters. The van der Waals surface area contributed by atoms with E-state index in [1.54, 1.807) is 27.2 Å². The highest BCUT2D eigenvalue weighted by Crippen LogP contribution is 2.35. The second-order valence-electron chi connectivity index (χ2n) is 8.39. The first-order valence-corrected chi connectivity index (χ1v) is 13.8. The molecule has 0 bridgehead atoms. The molecular formula is C23H27N3O3S3. The van der Waals surface area contributed by atoms with Gasteiger partial charge in [-0.05, 0) is 62.5 Å². The van der Waals surface area contributed by atoms with Gasteiger partial charge >= 0.3 is 0 Å². The molecule has 0 saturated carbocycles. The molecule has 1 N–H and O–H groups in total. The number of amides is 1. The van der Waals surface area contributed by atoms with E-state index in [0.717, 1.165) is 53.8 Å². The van der Waals surface area contributed by atoms with Crippen molar-refractivity contribution in [2.75, 3.05) is 6.61 Å². The molecule has 3 aromatic rings. The zero-order chi connectivity index (χ0) is 22.1. The maximum Gasteiger partial charge on any atom is 0.263 e. The minimum Gasteiger partial charge on any atom is -0.376 e. The van der Waals surface area contributed by atoms with E-state index in [2.05, 4.69) is 5.32 Å². The number of nitrogens with one attached hydrogen (secondary N) is 1. The summed E-state index contributed by atoms with van der Waals surface area (Å²) in [6.45, 7) is 3.64. The van der Waals surface area contributed by atoms with Crippen molar-refractivity contribution in [3.8, 4) is 0 Å². The van der Waals surface area contributed by atoms with Gasteiger partial charge in [-0.15, -0.1) is 22.7 Å². The number of fused-ring (bicyclic) bond motifs is 3. The number of rotatable bonds is 7. The van der Waals surface area contributed by atoms with Crippen LogP contribution in [0.5, 0.6) is 0 Å². The molecule has 1 fully saturated rings. The maximum atomic E-state index is 13.7. The van der Waals surface area contributed by atoms with Crippen molar-refractivity contribution in [2.24, 2.45) is 0 Å². The molecule has 0 aromatic carbocycles. The Morgan fingerprint density at radius 2 is 2.25 bits per heavy atom. The molecule has 170 valence electrons. The zero-order valence-electron chi connectivity index (χ0n) is 18.1. The summed E-state index contributed by atoms with van der Waals surface area (Å²) in [5.74, 6) is -0.0492. The van der Waals surface area contributed by atoms with Gasteiger partial charge in [-0.25, -0.2) is 4.98 Å². The molecule has 2 aliphatic rings. The zero-order valence-corrected chi connectivity index (χ0v) is 20.5. The summed E-state index contributed by atoms with van der Waals surface area (Å²) >= 11 is 4.65. The lowest BCUT2D eigenvalue weighted by Crippen LogP contribution is -2.32. The average molecular weight is 490 g/mol. The molecule has 2 atom stereocenters. The Kier molecular flexibility index (Phi) is 6.69. The Morgan fingerprint density at radius 1 is 1.38 bits per heavy atom. The molecule has 1 aliphatic carbocycles. The number of hydrogen-bond donors (Lipinski definition) is 1. The first kappa shape index (κ1) is 22.1. The van der Waals surface area contributed by atoms with Crippen LogP contribution >= 0.6 is 34.4 Å². The fraction of sp³-hybridized carbons (Fsp3) is 0.522. The normalized spacial score (nSPS) is 19.2. The van der Waals surface area contributed by atoms with Crippen molar-refractivity contribution < 1.29 is 9.53 Å². The molecule has 6 nitrogen and oxygen atoms in total. The van der Waals surface area contributed by atoms with Crippen molar-refractivity contribution in [3.63, 3.8) is 0 Å². The van der Waals surface area contributed by atoms with E-state index in [1.807, 2.05) is 24.4 Å². The van der Waals surface area contributed by atoms with Crippen LogP contribution < -0.4 is 10.9 Å². The number of carbonyl (C=O) groups is 1. The average Bonchev–Trinajstić information content (AvgIpc) is 3.55. The second-order valence-corrected chi connectivity index (χ2v) is 11.8. The Morgan fingerprint density at radius 3 is 3.03 bits per heavy atom. The van der Waals surface area contributed by atoms with Crippen molar-refractivity contribution >= 4 is 50.6 Å². The van der Waals surface area contributed by atoms with Crippen molar-refractivity contribution in [1.29, 1.82) is 0 Å². The first-order valence-electron chi connectivity index (χ1n) is 11.2. The van der Waals surface area contributed by atoms with Gasteiger partial charge in [0, 0.05) is 16.4 Å². The van der Waals surface area contributed by atoms with E-state index in [0.29, 0.717) is 18.2 Å². The van der Waals surface area contributed by atoms with E-state index in [4.69, 9.17) is 9.72 Å².